The van der Waals surface area contributed by atoms with Crippen LogP contribution in [0.25, 0.3) is 0 Å². The Bertz CT molecular complexity index is 814. The third kappa shape index (κ3) is 3.69. The van der Waals surface area contributed by atoms with Crippen molar-refractivity contribution < 1.29 is 9.59 Å². The Kier molecular flexibility index (Phi) is 5.25. The number of carbonyl (C=O) groups excluding carboxylic acids is 2. The lowest BCUT2D eigenvalue weighted by Gasteiger charge is -2.39. The summed E-state index contributed by atoms with van der Waals surface area (Å²) in [6.45, 7) is 7.48. The van der Waals surface area contributed by atoms with Crippen molar-refractivity contribution in [3.05, 3.63) is 33.2 Å². The number of H-pyrrole nitrogens is 1. The summed E-state index contributed by atoms with van der Waals surface area (Å²) >= 11 is 0. The number of rotatable bonds is 1. The molecule has 3 aliphatic rings. The summed E-state index contributed by atoms with van der Waals surface area (Å²) in [5.74, 6) is -0.233. The molecule has 4 rings (SSSR count). The summed E-state index contributed by atoms with van der Waals surface area (Å²) < 4.78 is 0. The maximum atomic E-state index is 12.9. The number of likely N-dealkylation sites (tertiary alicyclic amines) is 1. The van der Waals surface area contributed by atoms with Crippen LogP contribution in [0.4, 0.5) is 0 Å². The van der Waals surface area contributed by atoms with Gasteiger partial charge in [-0.25, -0.2) is 0 Å². The molecular formula is C20H28ClN3O3. The van der Waals surface area contributed by atoms with Crippen LogP contribution in [0.5, 0.6) is 0 Å². The van der Waals surface area contributed by atoms with Gasteiger partial charge in [0.05, 0.1) is 0 Å². The number of halogens is 1. The first-order valence-electron chi connectivity index (χ1n) is 9.58. The quantitative estimate of drug-likeness (QED) is 0.766. The fourth-order valence-electron chi connectivity index (χ4n) is 4.76. The second kappa shape index (κ2) is 7.06. The van der Waals surface area contributed by atoms with E-state index in [-0.39, 0.29) is 40.6 Å². The number of carbonyl (C=O) groups is 2. The maximum absolute atomic E-state index is 12.9. The van der Waals surface area contributed by atoms with Crippen LogP contribution < -0.4 is 10.9 Å². The molecular weight excluding hydrogens is 366 g/mol. The van der Waals surface area contributed by atoms with E-state index in [4.69, 9.17) is 0 Å². The monoisotopic (exact) mass is 393 g/mol. The van der Waals surface area contributed by atoms with Crippen LogP contribution in [0.1, 0.15) is 65.9 Å². The Hall–Kier alpha value is -1.66. The van der Waals surface area contributed by atoms with Crippen LogP contribution in [-0.2, 0) is 6.42 Å². The van der Waals surface area contributed by atoms with Crippen molar-refractivity contribution >= 4 is 24.1 Å². The molecule has 6 nitrogen and oxygen atoms in total. The topological polar surface area (TPSA) is 82.3 Å². The molecule has 1 aromatic rings. The van der Waals surface area contributed by atoms with E-state index in [1.807, 2.05) is 13.8 Å². The highest BCUT2D eigenvalue weighted by Crippen LogP contribution is 2.37. The normalized spacial score (nSPS) is 23.0. The molecule has 3 heterocycles. The Morgan fingerprint density at radius 2 is 1.81 bits per heavy atom. The van der Waals surface area contributed by atoms with E-state index >= 15 is 0 Å². The van der Waals surface area contributed by atoms with Crippen LogP contribution in [0.15, 0.2) is 10.9 Å². The van der Waals surface area contributed by atoms with Gasteiger partial charge in [0.15, 0.2) is 5.78 Å². The number of nitrogens with zero attached hydrogens (tertiary/aromatic N) is 1. The molecule has 0 radical (unpaired) electrons. The molecule has 1 spiro atoms. The van der Waals surface area contributed by atoms with Gasteiger partial charge in [-0.05, 0) is 49.1 Å². The Morgan fingerprint density at radius 3 is 2.44 bits per heavy atom. The lowest BCUT2D eigenvalue weighted by molar-refractivity contribution is 0.0606. The summed E-state index contributed by atoms with van der Waals surface area (Å²) in [4.78, 5) is 42.5. The third-order valence-electron chi connectivity index (χ3n) is 6.39. The highest BCUT2D eigenvalue weighted by Gasteiger charge is 2.39. The molecule has 2 fully saturated rings. The van der Waals surface area contributed by atoms with Crippen LogP contribution >= 0.6 is 12.4 Å². The number of Topliss-reactive ketones (excluding diaryl/α,β-unsaturated/α-hetero) is 1. The summed E-state index contributed by atoms with van der Waals surface area (Å²) in [5.41, 5.74) is 1.08. The van der Waals surface area contributed by atoms with Crippen molar-refractivity contribution in [2.75, 3.05) is 26.2 Å². The number of nitrogens with one attached hydrogen (secondary N) is 2. The molecule has 0 atom stereocenters. The molecule has 2 saturated heterocycles. The fourth-order valence-corrected chi connectivity index (χ4v) is 4.76. The van der Waals surface area contributed by atoms with Gasteiger partial charge in [-0.1, -0.05) is 13.8 Å². The standard InChI is InChI=1S/C20H27N3O3.ClH/c1-19(2)10-15-13(16(24)11-19)9-14(17(25)22-15)18(26)23-7-4-20(5-8-23)3-6-21-12-20;/h9,21H,3-8,10-12H2,1-2H3,(H,22,25);1H. The van der Waals surface area contributed by atoms with Gasteiger partial charge in [0.25, 0.3) is 11.5 Å². The zero-order chi connectivity index (χ0) is 18.5. The third-order valence-corrected chi connectivity index (χ3v) is 6.39. The van der Waals surface area contributed by atoms with E-state index in [1.54, 1.807) is 4.90 Å². The van der Waals surface area contributed by atoms with Gasteiger partial charge in [-0.3, -0.25) is 14.4 Å². The second-order valence-corrected chi connectivity index (χ2v) is 9.06. The van der Waals surface area contributed by atoms with Gasteiger partial charge in [0.1, 0.15) is 5.56 Å². The molecule has 1 aromatic heterocycles. The number of amides is 1. The molecule has 2 N–H and O–H groups in total. The Balaban J connectivity index is 0.00000210. The van der Waals surface area contributed by atoms with Crippen molar-refractivity contribution in [2.45, 2.75) is 46.0 Å². The maximum Gasteiger partial charge on any atom is 0.261 e. The highest BCUT2D eigenvalue weighted by molar-refractivity contribution is 6.02. The molecule has 0 aromatic carbocycles. The van der Waals surface area contributed by atoms with Crippen molar-refractivity contribution in [1.82, 2.24) is 15.2 Å². The smallest absolute Gasteiger partial charge is 0.261 e. The Morgan fingerprint density at radius 1 is 1.11 bits per heavy atom. The van der Waals surface area contributed by atoms with E-state index < -0.39 is 0 Å². The highest BCUT2D eigenvalue weighted by atomic mass is 35.5. The fraction of sp³-hybridized carbons (Fsp3) is 0.650. The van der Waals surface area contributed by atoms with Gasteiger partial charge >= 0.3 is 0 Å². The number of aromatic amines is 1. The summed E-state index contributed by atoms with van der Waals surface area (Å²) in [6, 6.07) is 1.54. The van der Waals surface area contributed by atoms with Gasteiger partial charge in [0, 0.05) is 37.3 Å². The van der Waals surface area contributed by atoms with Crippen LogP contribution in [0.2, 0.25) is 0 Å². The minimum Gasteiger partial charge on any atom is -0.338 e. The number of piperidine rings is 1. The summed E-state index contributed by atoms with van der Waals surface area (Å²) in [7, 11) is 0. The first kappa shape index (κ1) is 20.1. The molecule has 27 heavy (non-hydrogen) atoms. The molecule has 148 valence electrons. The largest absolute Gasteiger partial charge is 0.338 e. The van der Waals surface area contributed by atoms with E-state index in [2.05, 4.69) is 10.3 Å². The van der Waals surface area contributed by atoms with Gasteiger partial charge in [-0.15, -0.1) is 12.4 Å². The molecule has 7 heteroatoms. The van der Waals surface area contributed by atoms with Gasteiger partial charge in [0.2, 0.25) is 0 Å². The predicted molar refractivity (Wildman–Crippen MR) is 106 cm³/mol. The molecule has 1 aliphatic carbocycles. The number of hydrogen-bond donors (Lipinski definition) is 2. The van der Waals surface area contributed by atoms with Gasteiger partial charge < -0.3 is 15.2 Å². The second-order valence-electron chi connectivity index (χ2n) is 9.06. The van der Waals surface area contributed by atoms with Crippen molar-refractivity contribution in [1.29, 1.82) is 0 Å². The number of pyridine rings is 1. The molecule has 0 unspecified atom stereocenters. The molecule has 1 amide bonds. The predicted octanol–water partition coefficient (Wildman–Crippen LogP) is 2.17. The average molecular weight is 394 g/mol. The number of aromatic nitrogens is 1. The number of ketones is 1. The lowest BCUT2D eigenvalue weighted by Crippen LogP contribution is -2.45. The van der Waals surface area contributed by atoms with Crippen molar-refractivity contribution in [2.24, 2.45) is 10.8 Å². The Labute approximate surface area is 165 Å². The van der Waals surface area contributed by atoms with Gasteiger partial charge in [-0.2, -0.15) is 0 Å². The van der Waals surface area contributed by atoms with E-state index in [0.717, 1.165) is 25.9 Å². The zero-order valence-corrected chi connectivity index (χ0v) is 16.8. The minimum atomic E-state index is -0.373. The lowest BCUT2D eigenvalue weighted by atomic mass is 9.75. The van der Waals surface area contributed by atoms with E-state index in [0.29, 0.717) is 42.6 Å². The summed E-state index contributed by atoms with van der Waals surface area (Å²) in [5, 5.41) is 3.42. The molecule has 2 aliphatic heterocycles. The van der Waals surface area contributed by atoms with Crippen LogP contribution in [-0.4, -0.2) is 47.8 Å². The SMILES string of the molecule is CC1(C)CC(=O)c2cc(C(=O)N3CCC4(CCNC4)CC3)c(=O)[nH]c2C1.Cl. The average Bonchev–Trinajstić information content (AvgIpc) is 3.01. The molecule has 0 bridgehead atoms. The van der Waals surface area contributed by atoms with Crippen molar-refractivity contribution in [3.8, 4) is 0 Å². The summed E-state index contributed by atoms with van der Waals surface area (Å²) in [6.07, 6.45) is 4.21. The van der Waals surface area contributed by atoms with Crippen LogP contribution in [0, 0.1) is 10.8 Å². The minimum absolute atomic E-state index is 0. The first-order chi connectivity index (χ1) is 12.3. The van der Waals surface area contributed by atoms with E-state index in [9.17, 15) is 14.4 Å². The van der Waals surface area contributed by atoms with Crippen LogP contribution in [0.3, 0.4) is 0 Å². The first-order valence-corrected chi connectivity index (χ1v) is 9.58. The number of hydrogen-bond acceptors (Lipinski definition) is 4. The number of fused-ring (bicyclic) bond motifs is 1. The van der Waals surface area contributed by atoms with Crippen molar-refractivity contribution in [3.63, 3.8) is 0 Å². The zero-order valence-electron chi connectivity index (χ0n) is 16.0. The molecule has 0 saturated carbocycles. The van der Waals surface area contributed by atoms with E-state index in [1.165, 1.54) is 12.5 Å².